The summed E-state index contributed by atoms with van der Waals surface area (Å²) in [5, 5.41) is 7.68. The van der Waals surface area contributed by atoms with E-state index in [0.717, 1.165) is 11.1 Å². The van der Waals surface area contributed by atoms with Gasteiger partial charge in [-0.1, -0.05) is 38.1 Å². The molecule has 2 heterocycles. The van der Waals surface area contributed by atoms with Gasteiger partial charge in [0.2, 0.25) is 15.9 Å². The van der Waals surface area contributed by atoms with Crippen LogP contribution in [0.25, 0.3) is 0 Å². The van der Waals surface area contributed by atoms with Crippen LogP contribution in [0.3, 0.4) is 0 Å². The van der Waals surface area contributed by atoms with Crippen LogP contribution in [0.2, 0.25) is 0 Å². The van der Waals surface area contributed by atoms with Gasteiger partial charge in [0.15, 0.2) is 0 Å². The van der Waals surface area contributed by atoms with E-state index in [0.29, 0.717) is 19.0 Å². The minimum atomic E-state index is -3.44. The number of carbonyl (C=O) groups is 1. The molecule has 0 radical (unpaired) electrons. The van der Waals surface area contributed by atoms with Gasteiger partial charge in [0, 0.05) is 32.1 Å². The average Bonchev–Trinajstić information content (AvgIpc) is 3.13. The molecule has 3 rings (SSSR count). The van der Waals surface area contributed by atoms with E-state index >= 15 is 0 Å². The van der Waals surface area contributed by atoms with Crippen LogP contribution in [-0.2, 0) is 15.8 Å². The predicted octanol–water partition coefficient (Wildman–Crippen LogP) is 1.79. The number of hydrogen-bond acceptors (Lipinski definition) is 6. The number of amides is 1. The van der Waals surface area contributed by atoms with Crippen LogP contribution in [0.5, 0.6) is 0 Å². The Kier molecular flexibility index (Phi) is 5.61. The van der Waals surface area contributed by atoms with Gasteiger partial charge in [0.05, 0.1) is 5.75 Å². The summed E-state index contributed by atoms with van der Waals surface area (Å²) in [5.41, 5.74) is 1.75. The molecule has 9 heteroatoms. The van der Waals surface area contributed by atoms with Crippen LogP contribution < -0.4 is 0 Å². The average molecular weight is 392 g/mol. The van der Waals surface area contributed by atoms with Crippen molar-refractivity contribution in [2.45, 2.75) is 32.4 Å². The highest BCUT2D eigenvalue weighted by atomic mass is 32.2. The van der Waals surface area contributed by atoms with E-state index in [1.165, 1.54) is 4.31 Å². The van der Waals surface area contributed by atoms with Crippen LogP contribution in [0.15, 0.2) is 28.7 Å². The van der Waals surface area contributed by atoms with Gasteiger partial charge in [-0.3, -0.25) is 4.79 Å². The van der Waals surface area contributed by atoms with Gasteiger partial charge in [-0.15, -0.1) is 10.2 Å². The summed E-state index contributed by atoms with van der Waals surface area (Å²) < 4.78 is 32.3. The SMILES string of the molecule is Cc1ccccc1CS(=O)(=O)N1CCN(C(=O)c2nnc(C(C)C)o2)CC1. The first-order valence-electron chi connectivity index (χ1n) is 8.93. The first-order valence-corrected chi connectivity index (χ1v) is 10.5. The van der Waals surface area contributed by atoms with Crippen molar-refractivity contribution >= 4 is 15.9 Å². The molecule has 0 saturated carbocycles. The Hall–Kier alpha value is -2.26. The molecule has 0 unspecified atom stereocenters. The lowest BCUT2D eigenvalue weighted by molar-refractivity contribution is 0.0655. The Labute approximate surface area is 159 Å². The molecular weight excluding hydrogens is 368 g/mol. The highest BCUT2D eigenvalue weighted by Crippen LogP contribution is 2.18. The summed E-state index contributed by atoms with van der Waals surface area (Å²) in [5.74, 6) is 0.0234. The van der Waals surface area contributed by atoms with Gasteiger partial charge in [-0.05, 0) is 18.1 Å². The van der Waals surface area contributed by atoms with E-state index in [1.807, 2.05) is 45.0 Å². The van der Waals surface area contributed by atoms with Crippen LogP contribution in [0, 0.1) is 6.92 Å². The van der Waals surface area contributed by atoms with Gasteiger partial charge < -0.3 is 9.32 Å². The standard InChI is InChI=1S/C18H24N4O4S/c1-13(2)16-19-20-17(26-16)18(23)21-8-10-22(11-9-21)27(24,25)12-15-7-5-4-6-14(15)3/h4-7,13H,8-12H2,1-3H3. The maximum atomic E-state index is 12.7. The molecular formula is C18H24N4O4S. The fourth-order valence-electron chi connectivity index (χ4n) is 2.92. The van der Waals surface area contributed by atoms with E-state index in [2.05, 4.69) is 10.2 Å². The van der Waals surface area contributed by atoms with Gasteiger partial charge in [-0.2, -0.15) is 4.31 Å². The molecule has 0 spiro atoms. The fraction of sp³-hybridized carbons (Fsp3) is 0.500. The number of benzene rings is 1. The van der Waals surface area contributed by atoms with Crippen molar-refractivity contribution in [3.63, 3.8) is 0 Å². The Morgan fingerprint density at radius 1 is 1.15 bits per heavy atom. The van der Waals surface area contributed by atoms with E-state index in [1.54, 1.807) is 4.90 Å². The van der Waals surface area contributed by atoms with Crippen LogP contribution in [-0.4, -0.2) is 59.9 Å². The van der Waals surface area contributed by atoms with Crippen molar-refractivity contribution in [3.8, 4) is 0 Å². The molecule has 1 saturated heterocycles. The predicted molar refractivity (Wildman–Crippen MR) is 99.7 cm³/mol. The lowest BCUT2D eigenvalue weighted by Crippen LogP contribution is -2.50. The summed E-state index contributed by atoms with van der Waals surface area (Å²) >= 11 is 0. The number of aryl methyl sites for hydroxylation is 1. The van der Waals surface area contributed by atoms with Crippen molar-refractivity contribution in [3.05, 3.63) is 47.2 Å². The molecule has 27 heavy (non-hydrogen) atoms. The number of sulfonamides is 1. The van der Waals surface area contributed by atoms with Gasteiger partial charge in [0.1, 0.15) is 0 Å². The number of piperazine rings is 1. The fourth-order valence-corrected chi connectivity index (χ4v) is 4.54. The second-order valence-corrected chi connectivity index (χ2v) is 8.94. The van der Waals surface area contributed by atoms with E-state index < -0.39 is 10.0 Å². The number of rotatable bonds is 5. The Balaban J connectivity index is 1.62. The summed E-state index contributed by atoms with van der Waals surface area (Å²) in [7, 11) is -3.44. The van der Waals surface area contributed by atoms with Crippen molar-refractivity contribution in [1.82, 2.24) is 19.4 Å². The molecule has 1 aliphatic rings. The molecule has 146 valence electrons. The number of aromatic nitrogens is 2. The third kappa shape index (κ3) is 4.36. The Bertz CT molecular complexity index is 915. The van der Waals surface area contributed by atoms with E-state index in [-0.39, 0.29) is 36.6 Å². The normalized spacial score (nSPS) is 16.1. The zero-order chi connectivity index (χ0) is 19.6. The lowest BCUT2D eigenvalue weighted by Gasteiger charge is -2.33. The molecule has 2 aromatic rings. The highest BCUT2D eigenvalue weighted by Gasteiger charge is 2.31. The second kappa shape index (κ2) is 7.77. The zero-order valence-electron chi connectivity index (χ0n) is 15.8. The maximum Gasteiger partial charge on any atom is 0.311 e. The highest BCUT2D eigenvalue weighted by molar-refractivity contribution is 7.88. The molecule has 1 amide bonds. The van der Waals surface area contributed by atoms with Crippen molar-refractivity contribution in [1.29, 1.82) is 0 Å². The first-order chi connectivity index (χ1) is 12.8. The Morgan fingerprint density at radius 3 is 2.41 bits per heavy atom. The maximum absolute atomic E-state index is 12.7. The third-order valence-corrected chi connectivity index (χ3v) is 6.46. The third-order valence-electron chi connectivity index (χ3n) is 4.64. The smallest absolute Gasteiger partial charge is 0.311 e. The van der Waals surface area contributed by atoms with Gasteiger partial charge >= 0.3 is 11.8 Å². The molecule has 1 aromatic heterocycles. The molecule has 0 bridgehead atoms. The topological polar surface area (TPSA) is 96.6 Å². The minimum absolute atomic E-state index is 0.0327. The van der Waals surface area contributed by atoms with E-state index in [9.17, 15) is 13.2 Å². The van der Waals surface area contributed by atoms with Crippen molar-refractivity contribution in [2.24, 2.45) is 0 Å². The summed E-state index contributed by atoms with van der Waals surface area (Å²) in [6.45, 7) is 6.81. The van der Waals surface area contributed by atoms with Gasteiger partial charge in [-0.25, -0.2) is 8.42 Å². The molecule has 1 aromatic carbocycles. The molecule has 0 atom stereocenters. The number of carbonyl (C=O) groups excluding carboxylic acids is 1. The molecule has 0 aliphatic carbocycles. The summed E-state index contributed by atoms with van der Waals surface area (Å²) in [6.07, 6.45) is 0. The van der Waals surface area contributed by atoms with Crippen molar-refractivity contribution < 1.29 is 17.6 Å². The van der Waals surface area contributed by atoms with Crippen LogP contribution in [0.4, 0.5) is 0 Å². The zero-order valence-corrected chi connectivity index (χ0v) is 16.6. The molecule has 1 aliphatic heterocycles. The monoisotopic (exact) mass is 392 g/mol. The van der Waals surface area contributed by atoms with Crippen LogP contribution >= 0.6 is 0 Å². The second-order valence-electron chi connectivity index (χ2n) is 6.97. The molecule has 0 N–H and O–H groups in total. The van der Waals surface area contributed by atoms with Crippen LogP contribution in [0.1, 0.15) is 47.5 Å². The quantitative estimate of drug-likeness (QED) is 0.770. The largest absolute Gasteiger partial charge is 0.417 e. The molecule has 8 nitrogen and oxygen atoms in total. The summed E-state index contributed by atoms with van der Waals surface area (Å²) in [6, 6.07) is 7.45. The van der Waals surface area contributed by atoms with E-state index in [4.69, 9.17) is 4.42 Å². The summed E-state index contributed by atoms with van der Waals surface area (Å²) in [4.78, 5) is 14.0. The van der Waals surface area contributed by atoms with Gasteiger partial charge in [0.25, 0.3) is 0 Å². The lowest BCUT2D eigenvalue weighted by atomic mass is 10.1. The number of nitrogens with zero attached hydrogens (tertiary/aromatic N) is 4. The molecule has 1 fully saturated rings. The minimum Gasteiger partial charge on any atom is -0.417 e. The number of hydrogen-bond donors (Lipinski definition) is 0. The van der Waals surface area contributed by atoms with Crippen molar-refractivity contribution in [2.75, 3.05) is 26.2 Å². The Morgan fingerprint density at radius 2 is 1.81 bits per heavy atom. The first kappa shape index (κ1) is 19.5.